The molecule has 230 valence electrons. The van der Waals surface area contributed by atoms with E-state index in [9.17, 15) is 5.48 Å². The van der Waals surface area contributed by atoms with E-state index in [2.05, 4.69) is 91.0 Å². The number of fused-ring (bicyclic) bond motifs is 4. The summed E-state index contributed by atoms with van der Waals surface area (Å²) in [7, 11) is 0. The first-order valence-electron chi connectivity index (χ1n) is 18.5. The van der Waals surface area contributed by atoms with Crippen molar-refractivity contribution in [1.82, 2.24) is 0 Å². The monoisotopic (exact) mass is 627 g/mol. The van der Waals surface area contributed by atoms with Crippen LogP contribution in [0.1, 0.15) is 5.48 Å². The van der Waals surface area contributed by atoms with Gasteiger partial charge in [-0.05, 0) is 114 Å². The Morgan fingerprint density at radius 1 is 0.306 bits per heavy atom. The lowest BCUT2D eigenvalue weighted by Crippen LogP contribution is -2.09. The Bertz CT molecular complexity index is 2800. The summed E-state index contributed by atoms with van der Waals surface area (Å²) in [6.07, 6.45) is 0. The molecule has 0 aliphatic carbocycles. The van der Waals surface area contributed by atoms with Crippen molar-refractivity contribution in [2.75, 3.05) is 4.90 Å². The molecule has 9 aromatic carbocycles. The summed E-state index contributed by atoms with van der Waals surface area (Å²) in [5.74, 6) is 0. The second-order valence-corrected chi connectivity index (χ2v) is 12.3. The van der Waals surface area contributed by atoms with Crippen molar-refractivity contribution < 1.29 is 5.48 Å². The molecule has 0 saturated carbocycles. The fourth-order valence-electron chi connectivity index (χ4n) is 6.86. The highest BCUT2D eigenvalue weighted by Gasteiger charge is 2.14. The zero-order valence-electron chi connectivity index (χ0n) is 30.7. The average molecular weight is 628 g/mol. The first-order chi connectivity index (χ1) is 26.0. The second-order valence-electron chi connectivity index (χ2n) is 12.3. The molecule has 0 bridgehead atoms. The summed E-state index contributed by atoms with van der Waals surface area (Å²) >= 11 is 0. The maximum atomic E-state index is 9.36. The first-order valence-corrected chi connectivity index (χ1v) is 16.5. The highest BCUT2D eigenvalue weighted by molar-refractivity contribution is 6.08. The summed E-state index contributed by atoms with van der Waals surface area (Å²) in [5.41, 5.74) is 6.71. The molecular formula is C48H33N. The lowest BCUT2D eigenvalue weighted by molar-refractivity contribution is 1.28. The normalized spacial score (nSPS) is 12.4. The van der Waals surface area contributed by atoms with Gasteiger partial charge in [-0.2, -0.15) is 0 Å². The average Bonchev–Trinajstić information content (AvgIpc) is 3.22. The molecule has 1 heteroatoms. The highest BCUT2D eigenvalue weighted by Crippen LogP contribution is 2.38. The van der Waals surface area contributed by atoms with Crippen LogP contribution in [0.5, 0.6) is 0 Å². The van der Waals surface area contributed by atoms with Crippen LogP contribution in [0.3, 0.4) is 0 Å². The number of para-hydroxylation sites is 1. The van der Waals surface area contributed by atoms with Gasteiger partial charge in [0.2, 0.25) is 0 Å². The van der Waals surface area contributed by atoms with Crippen molar-refractivity contribution in [2.24, 2.45) is 0 Å². The summed E-state index contributed by atoms with van der Waals surface area (Å²) < 4.78 is 37.3. The molecule has 0 N–H and O–H groups in total. The molecule has 0 heterocycles. The van der Waals surface area contributed by atoms with Crippen LogP contribution in [-0.2, 0) is 0 Å². The second kappa shape index (κ2) is 12.3. The number of hydrogen-bond acceptors (Lipinski definition) is 1. The molecule has 0 aliphatic heterocycles. The molecule has 0 radical (unpaired) electrons. The van der Waals surface area contributed by atoms with Crippen LogP contribution in [0.15, 0.2) is 200 Å². The summed E-state index contributed by atoms with van der Waals surface area (Å²) in [4.78, 5) is 1.83. The van der Waals surface area contributed by atoms with Crippen molar-refractivity contribution in [3.05, 3.63) is 200 Å². The third-order valence-corrected chi connectivity index (χ3v) is 9.31. The van der Waals surface area contributed by atoms with Crippen LogP contribution < -0.4 is 4.90 Å². The van der Waals surface area contributed by atoms with Crippen LogP contribution >= 0.6 is 0 Å². The summed E-state index contributed by atoms with van der Waals surface area (Å²) in [6.45, 7) is 0. The van der Waals surface area contributed by atoms with E-state index in [-0.39, 0.29) is 35.4 Å². The largest absolute Gasteiger partial charge is 0.311 e. The van der Waals surface area contributed by atoms with E-state index in [0.717, 1.165) is 44.4 Å². The standard InChI is InChI=1S/C48H33N/c1-2-15-42(16-3-1)49(44-29-24-35(25-30-44)39-26-31-48-41(33-39)21-20-37-11-5-7-18-46(37)48)43-27-22-34(23-28-43)38-13-8-14-40(32-38)47-19-9-12-36-10-4-6-17-45(36)47/h1-33H/i22D,23D,27D,28D. The van der Waals surface area contributed by atoms with Crippen molar-refractivity contribution in [3.8, 4) is 33.4 Å². The van der Waals surface area contributed by atoms with Gasteiger partial charge < -0.3 is 4.90 Å². The van der Waals surface area contributed by atoms with Crippen LogP contribution in [0.25, 0.3) is 65.7 Å². The molecule has 0 saturated heterocycles. The number of hydrogen-bond donors (Lipinski definition) is 0. The number of nitrogens with zero attached hydrogens (tertiary/aromatic N) is 1. The molecule has 0 atom stereocenters. The zero-order valence-corrected chi connectivity index (χ0v) is 26.7. The van der Waals surface area contributed by atoms with E-state index in [0.29, 0.717) is 5.56 Å². The molecule has 9 aromatic rings. The van der Waals surface area contributed by atoms with Crippen LogP contribution in [0.4, 0.5) is 17.1 Å². The van der Waals surface area contributed by atoms with E-state index in [1.54, 1.807) is 0 Å². The quantitative estimate of drug-likeness (QED) is 0.166. The van der Waals surface area contributed by atoms with E-state index in [1.165, 1.54) is 21.5 Å². The minimum atomic E-state index is -0.105. The minimum Gasteiger partial charge on any atom is -0.311 e. The van der Waals surface area contributed by atoms with Gasteiger partial charge >= 0.3 is 0 Å². The third-order valence-electron chi connectivity index (χ3n) is 9.31. The SMILES string of the molecule is [2H]c1c([2H])c(N(c2ccccc2)c2ccc(-c3ccc4c(ccc5ccccc54)c3)cc2)c([2H])c([2H])c1-c1cccc(-c2cccc3ccccc23)c1. The Kier molecular flexibility index (Phi) is 6.20. The van der Waals surface area contributed by atoms with E-state index < -0.39 is 0 Å². The molecule has 49 heavy (non-hydrogen) atoms. The fourth-order valence-corrected chi connectivity index (χ4v) is 6.86. The van der Waals surface area contributed by atoms with Crippen LogP contribution in [0, 0.1) is 0 Å². The van der Waals surface area contributed by atoms with Crippen molar-refractivity contribution in [3.63, 3.8) is 0 Å². The van der Waals surface area contributed by atoms with E-state index >= 15 is 0 Å². The summed E-state index contributed by atoms with van der Waals surface area (Å²) in [6, 6.07) is 58.8. The molecule has 0 fully saturated rings. The first kappa shape index (κ1) is 24.7. The third kappa shape index (κ3) is 5.42. The van der Waals surface area contributed by atoms with Crippen LogP contribution in [-0.4, -0.2) is 0 Å². The van der Waals surface area contributed by atoms with Crippen LogP contribution in [0.2, 0.25) is 0 Å². The predicted molar refractivity (Wildman–Crippen MR) is 210 cm³/mol. The maximum Gasteiger partial charge on any atom is 0.0645 e. The van der Waals surface area contributed by atoms with Crippen molar-refractivity contribution in [2.45, 2.75) is 0 Å². The van der Waals surface area contributed by atoms with Gasteiger partial charge in [0, 0.05) is 17.1 Å². The van der Waals surface area contributed by atoms with E-state index in [4.69, 9.17) is 0 Å². The topological polar surface area (TPSA) is 3.24 Å². The molecule has 0 aliphatic rings. The lowest BCUT2D eigenvalue weighted by Gasteiger charge is -2.26. The van der Waals surface area contributed by atoms with Gasteiger partial charge in [-0.25, -0.2) is 0 Å². The van der Waals surface area contributed by atoms with E-state index in [1.807, 2.05) is 89.8 Å². The van der Waals surface area contributed by atoms with Gasteiger partial charge in [0.25, 0.3) is 0 Å². The Labute approximate surface area is 292 Å². The lowest BCUT2D eigenvalue weighted by atomic mass is 9.95. The van der Waals surface area contributed by atoms with Crippen molar-refractivity contribution >= 4 is 49.4 Å². The van der Waals surface area contributed by atoms with Gasteiger partial charge in [0.1, 0.15) is 0 Å². The minimum absolute atomic E-state index is 0.0858. The van der Waals surface area contributed by atoms with Gasteiger partial charge in [0.05, 0.1) is 5.48 Å². The Morgan fingerprint density at radius 3 is 1.69 bits per heavy atom. The molecule has 0 aromatic heterocycles. The molecule has 0 unspecified atom stereocenters. The summed E-state index contributed by atoms with van der Waals surface area (Å²) in [5, 5.41) is 7.07. The number of anilines is 3. The Balaban J connectivity index is 1.13. The fraction of sp³-hybridized carbons (Fsp3) is 0. The highest BCUT2D eigenvalue weighted by atomic mass is 15.1. The van der Waals surface area contributed by atoms with Crippen molar-refractivity contribution in [1.29, 1.82) is 0 Å². The van der Waals surface area contributed by atoms with Gasteiger partial charge in [-0.1, -0.05) is 152 Å². The smallest absolute Gasteiger partial charge is 0.0645 e. The van der Waals surface area contributed by atoms with Gasteiger partial charge in [-0.15, -0.1) is 0 Å². The molecule has 9 rings (SSSR count). The molecule has 0 spiro atoms. The zero-order chi connectivity index (χ0) is 36.1. The number of rotatable bonds is 6. The Morgan fingerprint density at radius 2 is 0.878 bits per heavy atom. The Hall–Kier alpha value is -6.44. The molecule has 0 amide bonds. The molecule has 1 nitrogen and oxygen atoms in total. The van der Waals surface area contributed by atoms with Gasteiger partial charge in [-0.3, -0.25) is 0 Å². The predicted octanol–water partition coefficient (Wildman–Crippen LogP) is 13.6. The number of benzene rings is 9. The maximum absolute atomic E-state index is 9.36. The molecular weight excluding hydrogens is 591 g/mol. The van der Waals surface area contributed by atoms with Gasteiger partial charge in [0.15, 0.2) is 0 Å².